The average Bonchev–Trinajstić information content (AvgIpc) is 2.58. The molecule has 0 aromatic heterocycles. The van der Waals surface area contributed by atoms with Crippen LogP contribution in [0.15, 0.2) is 47.4 Å². The lowest BCUT2D eigenvalue weighted by molar-refractivity contribution is -0.387. The standard InChI is InChI=1S/C15H13Cl2N3O5S/c1-19(9-14(21)18-15-10(16)5-4-6-11(15)17)26(24,25)13-8-3-2-7-12(13)20(22)23/h2-8H,9H2,1H3,(H,18,21). The van der Waals surface area contributed by atoms with Crippen molar-refractivity contribution >= 4 is 50.5 Å². The molecule has 0 bridgehead atoms. The first-order valence-corrected chi connectivity index (χ1v) is 9.28. The zero-order valence-electron chi connectivity index (χ0n) is 13.3. The number of rotatable bonds is 6. The number of hydrogen-bond acceptors (Lipinski definition) is 5. The lowest BCUT2D eigenvalue weighted by atomic mass is 10.3. The Labute approximate surface area is 159 Å². The molecule has 0 aliphatic heterocycles. The number of nitrogens with zero attached hydrogens (tertiary/aromatic N) is 2. The van der Waals surface area contributed by atoms with Crippen molar-refractivity contribution in [1.29, 1.82) is 0 Å². The van der Waals surface area contributed by atoms with Crippen molar-refractivity contribution in [2.24, 2.45) is 0 Å². The van der Waals surface area contributed by atoms with E-state index < -0.39 is 38.0 Å². The third kappa shape index (κ3) is 4.31. The molecule has 0 aliphatic rings. The maximum atomic E-state index is 12.6. The molecule has 0 heterocycles. The smallest absolute Gasteiger partial charge is 0.289 e. The number of carbonyl (C=O) groups is 1. The Morgan fingerprint density at radius 1 is 1.15 bits per heavy atom. The van der Waals surface area contributed by atoms with Crippen LogP contribution in [0.4, 0.5) is 11.4 Å². The van der Waals surface area contributed by atoms with E-state index in [1.54, 1.807) is 6.07 Å². The highest BCUT2D eigenvalue weighted by Gasteiger charge is 2.30. The predicted molar refractivity (Wildman–Crippen MR) is 98.0 cm³/mol. The largest absolute Gasteiger partial charge is 0.322 e. The number of amides is 1. The number of hydrogen-bond donors (Lipinski definition) is 1. The number of benzene rings is 2. The van der Waals surface area contributed by atoms with Crippen LogP contribution in [-0.2, 0) is 14.8 Å². The van der Waals surface area contributed by atoms with Gasteiger partial charge in [-0.25, -0.2) is 8.42 Å². The lowest BCUT2D eigenvalue weighted by Crippen LogP contribution is -2.35. The SMILES string of the molecule is CN(CC(=O)Nc1c(Cl)cccc1Cl)S(=O)(=O)c1ccccc1[N+](=O)[O-]. The topological polar surface area (TPSA) is 110 Å². The molecular formula is C15H13Cl2N3O5S. The van der Waals surface area contributed by atoms with Gasteiger partial charge >= 0.3 is 0 Å². The molecule has 11 heteroatoms. The van der Waals surface area contributed by atoms with E-state index in [2.05, 4.69) is 5.32 Å². The van der Waals surface area contributed by atoms with E-state index in [0.29, 0.717) is 4.31 Å². The van der Waals surface area contributed by atoms with Gasteiger partial charge in [0.05, 0.1) is 27.2 Å². The number of nitrogens with one attached hydrogen (secondary N) is 1. The number of para-hydroxylation sites is 2. The van der Waals surface area contributed by atoms with Gasteiger partial charge in [-0.1, -0.05) is 41.4 Å². The minimum atomic E-state index is -4.26. The van der Waals surface area contributed by atoms with Crippen LogP contribution in [0.5, 0.6) is 0 Å². The molecule has 8 nitrogen and oxygen atoms in total. The first-order valence-electron chi connectivity index (χ1n) is 7.08. The highest BCUT2D eigenvalue weighted by atomic mass is 35.5. The lowest BCUT2D eigenvalue weighted by Gasteiger charge is -2.17. The Hall–Kier alpha value is -2.20. The second-order valence-electron chi connectivity index (χ2n) is 5.13. The highest BCUT2D eigenvalue weighted by molar-refractivity contribution is 7.89. The van der Waals surface area contributed by atoms with Gasteiger partial charge in [0, 0.05) is 13.1 Å². The Morgan fingerprint density at radius 3 is 2.31 bits per heavy atom. The van der Waals surface area contributed by atoms with Crippen LogP contribution in [0.2, 0.25) is 10.0 Å². The minimum Gasteiger partial charge on any atom is -0.322 e. The van der Waals surface area contributed by atoms with E-state index in [4.69, 9.17) is 23.2 Å². The third-order valence-electron chi connectivity index (χ3n) is 3.34. The van der Waals surface area contributed by atoms with Gasteiger partial charge in [-0.3, -0.25) is 14.9 Å². The van der Waals surface area contributed by atoms with Crippen molar-refractivity contribution in [1.82, 2.24) is 4.31 Å². The molecule has 26 heavy (non-hydrogen) atoms. The molecule has 0 saturated carbocycles. The molecule has 0 fully saturated rings. The van der Waals surface area contributed by atoms with Gasteiger partial charge in [-0.2, -0.15) is 4.31 Å². The molecule has 0 spiro atoms. The monoisotopic (exact) mass is 417 g/mol. The van der Waals surface area contributed by atoms with Crippen molar-refractivity contribution in [2.45, 2.75) is 4.90 Å². The van der Waals surface area contributed by atoms with Crippen molar-refractivity contribution in [3.63, 3.8) is 0 Å². The van der Waals surface area contributed by atoms with Gasteiger partial charge in [0.1, 0.15) is 0 Å². The van der Waals surface area contributed by atoms with Crippen LogP contribution < -0.4 is 5.32 Å². The maximum Gasteiger partial charge on any atom is 0.289 e. The summed E-state index contributed by atoms with van der Waals surface area (Å²) >= 11 is 11.9. The zero-order valence-corrected chi connectivity index (χ0v) is 15.7. The fourth-order valence-electron chi connectivity index (χ4n) is 2.08. The number of sulfonamides is 1. The molecule has 1 N–H and O–H groups in total. The number of nitro groups is 1. The summed E-state index contributed by atoms with van der Waals surface area (Å²) in [5, 5.41) is 13.9. The molecule has 0 atom stereocenters. The summed E-state index contributed by atoms with van der Waals surface area (Å²) < 4.78 is 25.8. The summed E-state index contributed by atoms with van der Waals surface area (Å²) in [4.78, 5) is 21.9. The maximum absolute atomic E-state index is 12.6. The Balaban J connectivity index is 2.22. The zero-order chi connectivity index (χ0) is 19.5. The minimum absolute atomic E-state index is 0.150. The van der Waals surface area contributed by atoms with Gasteiger partial charge in [0.25, 0.3) is 5.69 Å². The number of halogens is 2. The van der Waals surface area contributed by atoms with E-state index in [1.165, 1.54) is 24.3 Å². The van der Waals surface area contributed by atoms with Crippen molar-refractivity contribution in [2.75, 3.05) is 18.9 Å². The summed E-state index contributed by atoms with van der Waals surface area (Å²) in [6.45, 7) is -0.587. The summed E-state index contributed by atoms with van der Waals surface area (Å²) in [7, 11) is -3.12. The van der Waals surface area contributed by atoms with Crippen LogP contribution >= 0.6 is 23.2 Å². The fraction of sp³-hybridized carbons (Fsp3) is 0.133. The molecule has 2 aromatic rings. The summed E-state index contributed by atoms with van der Waals surface area (Å²) in [5.41, 5.74) is -0.425. The quantitative estimate of drug-likeness (QED) is 0.573. The second-order valence-corrected chi connectivity index (χ2v) is 7.96. The second kappa shape index (κ2) is 8.00. The van der Waals surface area contributed by atoms with E-state index >= 15 is 0 Å². The molecule has 0 radical (unpaired) electrons. The number of likely N-dealkylation sites (N-methyl/N-ethyl adjacent to an activating group) is 1. The number of nitro benzene ring substituents is 1. The molecule has 0 saturated heterocycles. The first kappa shape index (κ1) is 20.1. The van der Waals surface area contributed by atoms with Gasteiger partial charge in [-0.05, 0) is 18.2 Å². The molecule has 0 unspecified atom stereocenters. The van der Waals surface area contributed by atoms with Gasteiger partial charge in [0.15, 0.2) is 4.90 Å². The Kier molecular flexibility index (Phi) is 6.19. The molecule has 1 amide bonds. The van der Waals surface area contributed by atoms with E-state index in [0.717, 1.165) is 19.2 Å². The molecule has 2 rings (SSSR count). The number of anilines is 1. The Bertz CT molecular complexity index is 945. The Morgan fingerprint density at radius 2 is 1.73 bits per heavy atom. The normalized spacial score (nSPS) is 11.4. The molecular weight excluding hydrogens is 405 g/mol. The van der Waals surface area contributed by atoms with E-state index in [9.17, 15) is 23.3 Å². The summed E-state index contributed by atoms with van der Waals surface area (Å²) in [6.07, 6.45) is 0. The highest BCUT2D eigenvalue weighted by Crippen LogP contribution is 2.30. The average molecular weight is 418 g/mol. The van der Waals surface area contributed by atoms with Crippen LogP contribution in [-0.4, -0.2) is 37.1 Å². The fourth-order valence-corrected chi connectivity index (χ4v) is 3.85. The first-order chi connectivity index (χ1) is 12.1. The predicted octanol–water partition coefficient (Wildman–Crippen LogP) is 3.16. The van der Waals surface area contributed by atoms with Crippen molar-refractivity contribution in [3.8, 4) is 0 Å². The van der Waals surface area contributed by atoms with Crippen LogP contribution in [0.1, 0.15) is 0 Å². The van der Waals surface area contributed by atoms with Crippen LogP contribution in [0.3, 0.4) is 0 Å². The van der Waals surface area contributed by atoms with Crippen molar-refractivity contribution in [3.05, 3.63) is 62.6 Å². The van der Waals surface area contributed by atoms with Gasteiger partial charge < -0.3 is 5.32 Å². The molecule has 138 valence electrons. The number of carbonyl (C=O) groups excluding carboxylic acids is 1. The third-order valence-corrected chi connectivity index (χ3v) is 5.82. The molecule has 2 aromatic carbocycles. The van der Waals surface area contributed by atoms with Gasteiger partial charge in [0.2, 0.25) is 15.9 Å². The summed E-state index contributed by atoms with van der Waals surface area (Å²) in [6, 6.07) is 9.50. The van der Waals surface area contributed by atoms with Crippen LogP contribution in [0.25, 0.3) is 0 Å². The van der Waals surface area contributed by atoms with E-state index in [1.807, 2.05) is 0 Å². The van der Waals surface area contributed by atoms with Gasteiger partial charge in [-0.15, -0.1) is 0 Å². The molecule has 0 aliphatic carbocycles. The summed E-state index contributed by atoms with van der Waals surface area (Å²) in [5.74, 6) is -0.704. The van der Waals surface area contributed by atoms with Crippen molar-refractivity contribution < 1.29 is 18.1 Å². The van der Waals surface area contributed by atoms with Crippen LogP contribution in [0, 0.1) is 10.1 Å². The van der Waals surface area contributed by atoms with E-state index in [-0.39, 0.29) is 15.7 Å².